The molecule has 3 unspecified atom stereocenters. The van der Waals surface area contributed by atoms with Crippen LogP contribution in [0.25, 0.3) is 0 Å². The Labute approximate surface area is 108 Å². The van der Waals surface area contributed by atoms with Crippen molar-refractivity contribution in [3.05, 3.63) is 18.3 Å². The Morgan fingerprint density at radius 1 is 1.33 bits per heavy atom. The highest BCUT2D eigenvalue weighted by atomic mass is 32.2. The second-order valence-electron chi connectivity index (χ2n) is 5.61. The third-order valence-electron chi connectivity index (χ3n) is 4.41. The van der Waals surface area contributed by atoms with Crippen LogP contribution in [0.15, 0.2) is 23.4 Å². The molecule has 98 valence electrons. The fourth-order valence-electron chi connectivity index (χ4n) is 3.60. The number of nitrogen functional groups attached to an aromatic ring is 1. The zero-order valence-corrected chi connectivity index (χ0v) is 11.1. The molecule has 2 aliphatic carbocycles. The third kappa shape index (κ3) is 2.00. The summed E-state index contributed by atoms with van der Waals surface area (Å²) in [5.74, 6) is 1.90. The Morgan fingerprint density at radius 3 is 2.78 bits per heavy atom. The fraction of sp³-hybridized carbons (Fsp3) is 0.615. The lowest BCUT2D eigenvalue weighted by Gasteiger charge is -2.21. The smallest absolute Gasteiger partial charge is 0.197 e. The van der Waals surface area contributed by atoms with Gasteiger partial charge in [-0.2, -0.15) is 0 Å². The topological polar surface area (TPSA) is 73.0 Å². The lowest BCUT2D eigenvalue weighted by Crippen LogP contribution is -2.22. The van der Waals surface area contributed by atoms with Crippen LogP contribution in [-0.2, 0) is 9.84 Å². The van der Waals surface area contributed by atoms with Gasteiger partial charge in [-0.3, -0.25) is 0 Å². The molecule has 0 aromatic carbocycles. The molecule has 1 aromatic heterocycles. The summed E-state index contributed by atoms with van der Waals surface area (Å²) in [5.41, 5.74) is 5.98. The molecule has 0 aliphatic heterocycles. The van der Waals surface area contributed by atoms with Crippen molar-refractivity contribution in [2.24, 2.45) is 17.8 Å². The summed E-state index contributed by atoms with van der Waals surface area (Å²) in [6.07, 6.45) is 6.26. The van der Waals surface area contributed by atoms with Gasteiger partial charge in [-0.25, -0.2) is 13.4 Å². The van der Waals surface area contributed by atoms with E-state index in [9.17, 15) is 8.42 Å². The summed E-state index contributed by atoms with van der Waals surface area (Å²) in [6.45, 7) is 0. The van der Waals surface area contributed by atoms with Crippen LogP contribution in [-0.4, -0.2) is 19.2 Å². The maximum atomic E-state index is 12.3. The molecule has 3 rings (SSSR count). The van der Waals surface area contributed by atoms with E-state index < -0.39 is 9.84 Å². The zero-order chi connectivity index (χ0) is 12.8. The van der Waals surface area contributed by atoms with Gasteiger partial charge in [0, 0.05) is 6.20 Å². The van der Waals surface area contributed by atoms with Crippen molar-refractivity contribution < 1.29 is 8.42 Å². The van der Waals surface area contributed by atoms with Gasteiger partial charge in [-0.1, -0.05) is 6.42 Å². The van der Waals surface area contributed by atoms with Gasteiger partial charge in [0.25, 0.3) is 0 Å². The van der Waals surface area contributed by atoms with Gasteiger partial charge in [0.15, 0.2) is 14.9 Å². The Morgan fingerprint density at radius 2 is 2.17 bits per heavy atom. The lowest BCUT2D eigenvalue weighted by atomic mass is 9.90. The standard InChI is InChI=1S/C13H18N2O2S/c14-12-2-1-5-15-13(12)18(16,17)8-11-7-9-3-4-10(11)6-9/h1-2,5,9-11H,3-4,6-8,14H2. The van der Waals surface area contributed by atoms with Gasteiger partial charge in [-0.05, 0) is 49.1 Å². The molecule has 2 aliphatic rings. The van der Waals surface area contributed by atoms with E-state index in [0.717, 1.165) is 12.3 Å². The average molecular weight is 266 g/mol. The number of fused-ring (bicyclic) bond motifs is 2. The van der Waals surface area contributed by atoms with Crippen molar-refractivity contribution >= 4 is 15.5 Å². The molecule has 2 bridgehead atoms. The highest BCUT2D eigenvalue weighted by molar-refractivity contribution is 7.91. The minimum absolute atomic E-state index is 0.0628. The first-order valence-electron chi connectivity index (χ1n) is 6.49. The number of anilines is 1. The molecule has 1 aromatic rings. The maximum Gasteiger partial charge on any atom is 0.197 e. The Hall–Kier alpha value is -1.10. The van der Waals surface area contributed by atoms with Gasteiger partial charge in [0.1, 0.15) is 0 Å². The Balaban J connectivity index is 1.82. The number of hydrogen-bond acceptors (Lipinski definition) is 4. The van der Waals surface area contributed by atoms with Crippen LogP contribution >= 0.6 is 0 Å². The van der Waals surface area contributed by atoms with E-state index in [1.54, 1.807) is 12.1 Å². The van der Waals surface area contributed by atoms with Crippen LogP contribution in [0.4, 0.5) is 5.69 Å². The quantitative estimate of drug-likeness (QED) is 0.906. The first kappa shape index (κ1) is 12.0. The van der Waals surface area contributed by atoms with Crippen molar-refractivity contribution in [3.8, 4) is 0 Å². The summed E-state index contributed by atoms with van der Waals surface area (Å²) in [4.78, 5) is 3.94. The Bertz CT molecular complexity index is 556. The van der Waals surface area contributed by atoms with Gasteiger partial charge in [0.2, 0.25) is 0 Å². The minimum atomic E-state index is -3.33. The van der Waals surface area contributed by atoms with Crippen molar-refractivity contribution in [2.45, 2.75) is 30.7 Å². The van der Waals surface area contributed by atoms with Crippen LogP contribution in [0.3, 0.4) is 0 Å². The monoisotopic (exact) mass is 266 g/mol. The molecule has 0 saturated heterocycles. The number of hydrogen-bond donors (Lipinski definition) is 1. The van der Waals surface area contributed by atoms with E-state index >= 15 is 0 Å². The largest absolute Gasteiger partial charge is 0.396 e. The van der Waals surface area contributed by atoms with E-state index in [2.05, 4.69) is 4.98 Å². The highest BCUT2D eigenvalue weighted by Gasteiger charge is 2.41. The third-order valence-corrected chi connectivity index (χ3v) is 6.21. The number of nitrogens with two attached hydrogens (primary N) is 1. The second-order valence-corrected chi connectivity index (χ2v) is 7.56. The molecule has 2 fully saturated rings. The summed E-state index contributed by atoms with van der Waals surface area (Å²) in [5, 5.41) is 0.0628. The van der Waals surface area contributed by atoms with Crippen LogP contribution < -0.4 is 5.73 Å². The van der Waals surface area contributed by atoms with Gasteiger partial charge in [-0.15, -0.1) is 0 Å². The molecule has 5 heteroatoms. The normalized spacial score (nSPS) is 30.8. The number of aromatic nitrogens is 1. The summed E-state index contributed by atoms with van der Waals surface area (Å²) >= 11 is 0. The molecular weight excluding hydrogens is 248 g/mol. The van der Waals surface area contributed by atoms with E-state index in [4.69, 9.17) is 5.73 Å². The molecule has 0 spiro atoms. The molecule has 2 saturated carbocycles. The molecule has 3 atom stereocenters. The molecule has 0 radical (unpaired) electrons. The van der Waals surface area contributed by atoms with Crippen LogP contribution in [0.1, 0.15) is 25.7 Å². The molecule has 2 N–H and O–H groups in total. The van der Waals surface area contributed by atoms with Crippen LogP contribution in [0.5, 0.6) is 0 Å². The molecule has 1 heterocycles. The molecular formula is C13H18N2O2S. The number of rotatable bonds is 3. The zero-order valence-electron chi connectivity index (χ0n) is 10.2. The summed E-state index contributed by atoms with van der Waals surface area (Å²) in [7, 11) is -3.33. The van der Waals surface area contributed by atoms with E-state index in [0.29, 0.717) is 11.8 Å². The predicted octanol–water partition coefficient (Wildman–Crippen LogP) is 1.87. The summed E-state index contributed by atoms with van der Waals surface area (Å²) in [6, 6.07) is 3.26. The predicted molar refractivity (Wildman–Crippen MR) is 69.6 cm³/mol. The van der Waals surface area contributed by atoms with E-state index in [1.807, 2.05) is 0 Å². The van der Waals surface area contributed by atoms with Crippen molar-refractivity contribution in [2.75, 3.05) is 11.5 Å². The lowest BCUT2D eigenvalue weighted by molar-refractivity contribution is 0.360. The molecule has 0 amide bonds. The molecule has 4 nitrogen and oxygen atoms in total. The van der Waals surface area contributed by atoms with Crippen LogP contribution in [0, 0.1) is 17.8 Å². The van der Waals surface area contributed by atoms with Crippen molar-refractivity contribution in [3.63, 3.8) is 0 Å². The van der Waals surface area contributed by atoms with E-state index in [-0.39, 0.29) is 16.5 Å². The number of sulfone groups is 1. The molecule has 18 heavy (non-hydrogen) atoms. The highest BCUT2D eigenvalue weighted by Crippen LogP contribution is 2.49. The van der Waals surface area contributed by atoms with Gasteiger partial charge >= 0.3 is 0 Å². The Kier molecular flexibility index (Phi) is 2.81. The SMILES string of the molecule is Nc1cccnc1S(=O)(=O)CC1CC2CCC1C2. The van der Waals surface area contributed by atoms with Gasteiger partial charge in [0.05, 0.1) is 11.4 Å². The maximum absolute atomic E-state index is 12.3. The van der Waals surface area contributed by atoms with Crippen molar-refractivity contribution in [1.29, 1.82) is 0 Å². The van der Waals surface area contributed by atoms with Crippen LogP contribution in [0.2, 0.25) is 0 Å². The number of nitrogens with zero attached hydrogens (tertiary/aromatic N) is 1. The van der Waals surface area contributed by atoms with Crippen molar-refractivity contribution in [1.82, 2.24) is 4.98 Å². The number of pyridine rings is 1. The minimum Gasteiger partial charge on any atom is -0.396 e. The first-order valence-corrected chi connectivity index (χ1v) is 8.15. The first-order chi connectivity index (χ1) is 8.56. The van der Waals surface area contributed by atoms with Gasteiger partial charge < -0.3 is 5.73 Å². The van der Waals surface area contributed by atoms with E-state index in [1.165, 1.54) is 25.5 Å². The summed E-state index contributed by atoms with van der Waals surface area (Å²) < 4.78 is 24.7. The average Bonchev–Trinajstić information content (AvgIpc) is 2.90. The fourth-order valence-corrected chi connectivity index (χ4v) is 5.38. The second kappa shape index (κ2) is 4.23.